The summed E-state index contributed by atoms with van der Waals surface area (Å²) in [6.07, 6.45) is 4.39. The molecule has 0 aliphatic carbocycles. The summed E-state index contributed by atoms with van der Waals surface area (Å²) < 4.78 is 11.7. The van der Waals surface area contributed by atoms with Crippen LogP contribution >= 0.6 is 0 Å². The standard InChI is InChI=1S/C24H25N3O3/c1-16-6-2-3-7-19(16)23-26-25-22(30-23)17-10-12-18(13-11-17)24(28)27-14-4-8-20(27)21-9-5-15-29-21/h2-3,6-7,10-13,20-21H,4-5,8-9,14-15H2,1H3. The lowest BCUT2D eigenvalue weighted by Crippen LogP contribution is -2.42. The average molecular weight is 403 g/mol. The Morgan fingerprint density at radius 1 is 1.00 bits per heavy atom. The summed E-state index contributed by atoms with van der Waals surface area (Å²) in [7, 11) is 0. The largest absolute Gasteiger partial charge is 0.416 e. The van der Waals surface area contributed by atoms with Gasteiger partial charge >= 0.3 is 0 Å². The lowest BCUT2D eigenvalue weighted by Gasteiger charge is -2.29. The first kappa shape index (κ1) is 19.0. The van der Waals surface area contributed by atoms with Crippen molar-refractivity contribution in [3.8, 4) is 22.9 Å². The third-order valence-corrected chi connectivity index (χ3v) is 6.13. The first-order chi connectivity index (χ1) is 14.7. The van der Waals surface area contributed by atoms with Gasteiger partial charge in [0.05, 0.1) is 12.1 Å². The van der Waals surface area contributed by atoms with E-state index in [0.29, 0.717) is 17.3 Å². The fourth-order valence-electron chi connectivity index (χ4n) is 4.52. The van der Waals surface area contributed by atoms with Crippen molar-refractivity contribution in [2.24, 2.45) is 0 Å². The van der Waals surface area contributed by atoms with Crippen molar-refractivity contribution in [3.63, 3.8) is 0 Å². The molecule has 2 unspecified atom stereocenters. The fraction of sp³-hybridized carbons (Fsp3) is 0.375. The van der Waals surface area contributed by atoms with Gasteiger partial charge in [-0.15, -0.1) is 10.2 Å². The monoisotopic (exact) mass is 403 g/mol. The summed E-state index contributed by atoms with van der Waals surface area (Å²) in [5, 5.41) is 8.38. The normalized spacial score (nSPS) is 21.3. The Morgan fingerprint density at radius 2 is 1.80 bits per heavy atom. The first-order valence-electron chi connectivity index (χ1n) is 10.6. The molecule has 1 aromatic heterocycles. The molecule has 3 heterocycles. The van der Waals surface area contributed by atoms with E-state index in [1.165, 1.54) is 0 Å². The van der Waals surface area contributed by atoms with Crippen LogP contribution in [0.1, 0.15) is 41.6 Å². The molecular formula is C24H25N3O3. The van der Waals surface area contributed by atoms with Crippen LogP contribution in [-0.2, 0) is 4.74 Å². The molecular weight excluding hydrogens is 378 g/mol. The highest BCUT2D eigenvalue weighted by Gasteiger charge is 2.37. The summed E-state index contributed by atoms with van der Waals surface area (Å²) in [6.45, 7) is 3.63. The molecule has 6 nitrogen and oxygen atoms in total. The van der Waals surface area contributed by atoms with Crippen LogP contribution < -0.4 is 0 Å². The van der Waals surface area contributed by atoms with Crippen LogP contribution in [0.3, 0.4) is 0 Å². The average Bonchev–Trinajstić information content (AvgIpc) is 3.55. The van der Waals surface area contributed by atoms with E-state index in [-0.39, 0.29) is 18.1 Å². The van der Waals surface area contributed by atoms with Crippen molar-refractivity contribution in [2.45, 2.75) is 44.8 Å². The third-order valence-electron chi connectivity index (χ3n) is 6.13. The minimum atomic E-state index is 0.0747. The predicted molar refractivity (Wildman–Crippen MR) is 113 cm³/mol. The fourth-order valence-corrected chi connectivity index (χ4v) is 4.52. The minimum absolute atomic E-state index is 0.0747. The maximum atomic E-state index is 13.1. The van der Waals surface area contributed by atoms with Gasteiger partial charge < -0.3 is 14.1 Å². The summed E-state index contributed by atoms with van der Waals surface area (Å²) >= 11 is 0. The molecule has 5 rings (SSSR count). The van der Waals surface area contributed by atoms with Crippen molar-refractivity contribution in [1.29, 1.82) is 0 Å². The molecule has 6 heteroatoms. The SMILES string of the molecule is Cc1ccccc1-c1nnc(-c2ccc(C(=O)N3CCCC3C3CCCO3)cc2)o1. The number of hydrogen-bond acceptors (Lipinski definition) is 5. The van der Waals surface area contributed by atoms with Crippen molar-refractivity contribution in [2.75, 3.05) is 13.2 Å². The van der Waals surface area contributed by atoms with Crippen LogP contribution in [0.2, 0.25) is 0 Å². The maximum absolute atomic E-state index is 13.1. The van der Waals surface area contributed by atoms with Gasteiger partial charge in [-0.05, 0) is 68.5 Å². The Morgan fingerprint density at radius 3 is 2.57 bits per heavy atom. The Kier molecular flexibility index (Phi) is 5.09. The predicted octanol–water partition coefficient (Wildman–Crippen LogP) is 4.50. The van der Waals surface area contributed by atoms with E-state index in [9.17, 15) is 4.79 Å². The topological polar surface area (TPSA) is 68.5 Å². The van der Waals surface area contributed by atoms with Gasteiger partial charge in [-0.25, -0.2) is 0 Å². The number of aromatic nitrogens is 2. The zero-order valence-corrected chi connectivity index (χ0v) is 17.1. The van der Waals surface area contributed by atoms with Crippen molar-refractivity contribution in [1.82, 2.24) is 15.1 Å². The molecule has 2 aliphatic rings. The van der Waals surface area contributed by atoms with Gasteiger partial charge in [-0.1, -0.05) is 18.2 Å². The van der Waals surface area contributed by atoms with Crippen LogP contribution in [0, 0.1) is 6.92 Å². The van der Waals surface area contributed by atoms with Crippen LogP contribution in [0.4, 0.5) is 0 Å². The van der Waals surface area contributed by atoms with Crippen molar-refractivity contribution < 1.29 is 13.9 Å². The van der Waals surface area contributed by atoms with Gasteiger partial charge in [0.25, 0.3) is 5.91 Å². The van der Waals surface area contributed by atoms with E-state index in [4.69, 9.17) is 9.15 Å². The quantitative estimate of drug-likeness (QED) is 0.642. The lowest BCUT2D eigenvalue weighted by atomic mass is 10.0. The number of rotatable bonds is 4. The third kappa shape index (κ3) is 3.52. The van der Waals surface area contributed by atoms with E-state index in [1.807, 2.05) is 60.4 Å². The highest BCUT2D eigenvalue weighted by Crippen LogP contribution is 2.30. The highest BCUT2D eigenvalue weighted by atomic mass is 16.5. The Balaban J connectivity index is 1.33. The molecule has 0 spiro atoms. The van der Waals surface area contributed by atoms with Gasteiger partial charge in [0.2, 0.25) is 11.8 Å². The second-order valence-electron chi connectivity index (χ2n) is 8.06. The molecule has 0 saturated carbocycles. The van der Waals surface area contributed by atoms with Crippen LogP contribution in [-0.4, -0.2) is 46.3 Å². The number of nitrogens with zero attached hydrogens (tertiary/aromatic N) is 3. The van der Waals surface area contributed by atoms with E-state index in [0.717, 1.165) is 55.5 Å². The molecule has 0 radical (unpaired) electrons. The van der Waals surface area contributed by atoms with Gasteiger partial charge in [-0.3, -0.25) is 4.79 Å². The number of amides is 1. The first-order valence-corrected chi connectivity index (χ1v) is 10.6. The van der Waals surface area contributed by atoms with Crippen molar-refractivity contribution in [3.05, 3.63) is 59.7 Å². The Labute approximate surface area is 175 Å². The summed E-state index contributed by atoms with van der Waals surface area (Å²) in [4.78, 5) is 15.1. The molecule has 154 valence electrons. The van der Waals surface area contributed by atoms with Crippen molar-refractivity contribution >= 4 is 5.91 Å². The Bertz CT molecular complexity index is 1040. The lowest BCUT2D eigenvalue weighted by molar-refractivity contribution is 0.0341. The van der Waals surface area contributed by atoms with Gasteiger partial charge in [0.15, 0.2) is 0 Å². The number of carbonyl (C=O) groups excluding carboxylic acids is 1. The zero-order valence-electron chi connectivity index (χ0n) is 17.1. The molecule has 2 atom stereocenters. The molecule has 2 fully saturated rings. The number of carbonyl (C=O) groups is 1. The van der Waals surface area contributed by atoms with Crippen LogP contribution in [0.25, 0.3) is 22.9 Å². The Hall–Kier alpha value is -2.99. The highest BCUT2D eigenvalue weighted by molar-refractivity contribution is 5.95. The zero-order chi connectivity index (χ0) is 20.5. The van der Waals surface area contributed by atoms with E-state index >= 15 is 0 Å². The van der Waals surface area contributed by atoms with Crippen LogP contribution in [0.5, 0.6) is 0 Å². The molecule has 3 aromatic rings. The van der Waals surface area contributed by atoms with Gasteiger partial charge in [0.1, 0.15) is 0 Å². The summed E-state index contributed by atoms with van der Waals surface area (Å²) in [5.41, 5.74) is 3.50. The second-order valence-corrected chi connectivity index (χ2v) is 8.06. The smallest absolute Gasteiger partial charge is 0.254 e. The van der Waals surface area contributed by atoms with E-state index in [1.54, 1.807) is 0 Å². The number of likely N-dealkylation sites (tertiary alicyclic amines) is 1. The molecule has 30 heavy (non-hydrogen) atoms. The van der Waals surface area contributed by atoms with Gasteiger partial charge in [-0.2, -0.15) is 0 Å². The van der Waals surface area contributed by atoms with E-state index < -0.39 is 0 Å². The number of ether oxygens (including phenoxy) is 1. The number of aryl methyl sites for hydroxylation is 1. The molecule has 2 saturated heterocycles. The molecule has 1 amide bonds. The minimum Gasteiger partial charge on any atom is -0.416 e. The van der Waals surface area contributed by atoms with Gasteiger partial charge in [0, 0.05) is 29.8 Å². The maximum Gasteiger partial charge on any atom is 0.254 e. The van der Waals surface area contributed by atoms with Crippen LogP contribution in [0.15, 0.2) is 52.9 Å². The molecule has 2 aliphatic heterocycles. The number of hydrogen-bond donors (Lipinski definition) is 0. The second kappa shape index (κ2) is 8.03. The summed E-state index contributed by atoms with van der Waals surface area (Å²) in [6, 6.07) is 15.6. The molecule has 0 bridgehead atoms. The number of benzene rings is 2. The molecule has 2 aromatic carbocycles. The van der Waals surface area contributed by atoms with E-state index in [2.05, 4.69) is 10.2 Å². The summed E-state index contributed by atoms with van der Waals surface area (Å²) in [5.74, 6) is 1.02. The molecule has 0 N–H and O–H groups in total.